The van der Waals surface area contributed by atoms with Gasteiger partial charge in [0.15, 0.2) is 0 Å². The van der Waals surface area contributed by atoms with E-state index in [1.54, 1.807) is 17.2 Å². The maximum atomic E-state index is 12.2. The first kappa shape index (κ1) is 17.8. The SMILES string of the molecule is C=CN(CC(=O)OC(C)(C)C)c1cc(Cl)ncc1C1(C)CCC1. The molecule has 0 aromatic carbocycles. The van der Waals surface area contributed by atoms with E-state index in [1.807, 2.05) is 27.0 Å². The lowest BCUT2D eigenvalue weighted by Gasteiger charge is -2.41. The summed E-state index contributed by atoms with van der Waals surface area (Å²) in [6.45, 7) is 11.7. The number of hydrogen-bond acceptors (Lipinski definition) is 4. The molecule has 0 bridgehead atoms. The molecule has 1 fully saturated rings. The fourth-order valence-corrected chi connectivity index (χ4v) is 3.01. The molecule has 0 spiro atoms. The molecule has 1 heterocycles. The van der Waals surface area contributed by atoms with Gasteiger partial charge in [0.1, 0.15) is 17.3 Å². The van der Waals surface area contributed by atoms with Crippen molar-refractivity contribution in [1.82, 2.24) is 4.98 Å². The summed E-state index contributed by atoms with van der Waals surface area (Å²) < 4.78 is 5.41. The zero-order valence-corrected chi connectivity index (χ0v) is 15.1. The molecule has 1 aliphatic carbocycles. The van der Waals surface area contributed by atoms with Crippen molar-refractivity contribution in [2.24, 2.45) is 0 Å². The van der Waals surface area contributed by atoms with E-state index in [0.717, 1.165) is 24.1 Å². The molecule has 1 aliphatic rings. The number of pyridine rings is 1. The fourth-order valence-electron chi connectivity index (χ4n) is 2.86. The van der Waals surface area contributed by atoms with Crippen LogP contribution in [0, 0.1) is 0 Å². The molecule has 0 saturated heterocycles. The first-order valence-corrected chi connectivity index (χ1v) is 8.29. The number of carbonyl (C=O) groups is 1. The Balaban J connectivity index is 2.28. The molecule has 0 amide bonds. The van der Waals surface area contributed by atoms with Gasteiger partial charge in [0, 0.05) is 17.4 Å². The normalized spacial score (nSPS) is 16.4. The Morgan fingerprint density at radius 1 is 1.52 bits per heavy atom. The summed E-state index contributed by atoms with van der Waals surface area (Å²) in [6.07, 6.45) is 6.89. The zero-order valence-electron chi connectivity index (χ0n) is 14.4. The molecule has 0 unspecified atom stereocenters. The monoisotopic (exact) mass is 336 g/mol. The Kier molecular flexibility index (Phi) is 5.04. The van der Waals surface area contributed by atoms with Crippen molar-refractivity contribution >= 4 is 23.3 Å². The van der Waals surface area contributed by atoms with Crippen LogP contribution in [0.5, 0.6) is 0 Å². The zero-order chi connectivity index (χ0) is 17.3. The minimum Gasteiger partial charge on any atom is -0.459 e. The number of halogens is 1. The first-order valence-electron chi connectivity index (χ1n) is 7.92. The number of carbonyl (C=O) groups excluding carboxylic acids is 1. The fraction of sp³-hybridized carbons (Fsp3) is 0.556. The highest BCUT2D eigenvalue weighted by Crippen LogP contribution is 2.46. The average Bonchev–Trinajstić information content (AvgIpc) is 2.40. The summed E-state index contributed by atoms with van der Waals surface area (Å²) >= 11 is 6.08. The Hall–Kier alpha value is -1.55. The lowest BCUT2D eigenvalue weighted by atomic mass is 9.66. The number of aromatic nitrogens is 1. The number of hydrogen-bond donors (Lipinski definition) is 0. The number of esters is 1. The molecular formula is C18H25ClN2O2. The Morgan fingerprint density at radius 3 is 2.65 bits per heavy atom. The largest absolute Gasteiger partial charge is 0.459 e. The maximum Gasteiger partial charge on any atom is 0.326 e. The third-order valence-corrected chi connectivity index (χ3v) is 4.41. The molecule has 0 atom stereocenters. The third-order valence-electron chi connectivity index (χ3n) is 4.21. The molecular weight excluding hydrogens is 312 g/mol. The summed E-state index contributed by atoms with van der Waals surface area (Å²) in [5, 5.41) is 0.405. The molecule has 2 rings (SSSR count). The number of rotatable bonds is 5. The van der Waals surface area contributed by atoms with Crippen LogP contribution in [0.3, 0.4) is 0 Å². The van der Waals surface area contributed by atoms with Gasteiger partial charge in [-0.05, 0) is 51.3 Å². The van der Waals surface area contributed by atoms with Crippen LogP contribution in [0.2, 0.25) is 5.15 Å². The number of nitrogens with zero attached hydrogens (tertiary/aromatic N) is 2. The predicted molar refractivity (Wildman–Crippen MR) is 93.8 cm³/mol. The highest BCUT2D eigenvalue weighted by atomic mass is 35.5. The van der Waals surface area contributed by atoms with Crippen LogP contribution in [-0.4, -0.2) is 23.1 Å². The molecule has 0 N–H and O–H groups in total. The smallest absolute Gasteiger partial charge is 0.326 e. The minimum atomic E-state index is -0.511. The molecule has 0 radical (unpaired) electrons. The van der Waals surface area contributed by atoms with Crippen LogP contribution in [-0.2, 0) is 14.9 Å². The van der Waals surface area contributed by atoms with E-state index >= 15 is 0 Å². The van der Waals surface area contributed by atoms with Gasteiger partial charge in [0.2, 0.25) is 0 Å². The summed E-state index contributed by atoms with van der Waals surface area (Å²) in [4.78, 5) is 18.2. The summed E-state index contributed by atoms with van der Waals surface area (Å²) in [7, 11) is 0. The van der Waals surface area contributed by atoms with Crippen LogP contribution in [0.4, 0.5) is 5.69 Å². The topological polar surface area (TPSA) is 42.4 Å². The van der Waals surface area contributed by atoms with Crippen LogP contribution in [0.15, 0.2) is 25.0 Å². The number of anilines is 1. The second-order valence-electron chi connectivity index (χ2n) is 7.34. The molecule has 23 heavy (non-hydrogen) atoms. The first-order chi connectivity index (χ1) is 10.6. The van der Waals surface area contributed by atoms with E-state index < -0.39 is 5.60 Å². The molecule has 5 heteroatoms. The minimum absolute atomic E-state index is 0.0854. The van der Waals surface area contributed by atoms with Gasteiger partial charge in [-0.2, -0.15) is 0 Å². The van der Waals surface area contributed by atoms with Crippen molar-refractivity contribution in [3.8, 4) is 0 Å². The van der Waals surface area contributed by atoms with E-state index in [0.29, 0.717) is 5.15 Å². The molecule has 126 valence electrons. The van der Waals surface area contributed by atoms with E-state index in [-0.39, 0.29) is 17.9 Å². The third kappa shape index (κ3) is 4.25. The highest BCUT2D eigenvalue weighted by molar-refractivity contribution is 6.29. The van der Waals surface area contributed by atoms with E-state index in [9.17, 15) is 4.79 Å². The maximum absolute atomic E-state index is 12.2. The lowest BCUT2D eigenvalue weighted by Crippen LogP contribution is -2.36. The van der Waals surface area contributed by atoms with Crippen molar-refractivity contribution < 1.29 is 9.53 Å². The molecule has 0 aliphatic heterocycles. The van der Waals surface area contributed by atoms with Crippen LogP contribution in [0.1, 0.15) is 52.5 Å². The van der Waals surface area contributed by atoms with Gasteiger partial charge in [0.05, 0.1) is 0 Å². The van der Waals surface area contributed by atoms with Crippen molar-refractivity contribution in [3.63, 3.8) is 0 Å². The van der Waals surface area contributed by atoms with Crippen LogP contribution < -0.4 is 4.90 Å². The Bertz CT molecular complexity index is 604. The summed E-state index contributed by atoms with van der Waals surface area (Å²) in [6, 6.07) is 1.80. The van der Waals surface area contributed by atoms with Gasteiger partial charge in [-0.3, -0.25) is 4.79 Å². The van der Waals surface area contributed by atoms with Gasteiger partial charge in [-0.25, -0.2) is 4.98 Å². The van der Waals surface area contributed by atoms with Crippen molar-refractivity contribution in [1.29, 1.82) is 0 Å². The summed E-state index contributed by atoms with van der Waals surface area (Å²) in [5.41, 5.74) is 1.56. The van der Waals surface area contributed by atoms with Crippen LogP contribution in [0.25, 0.3) is 0 Å². The lowest BCUT2D eigenvalue weighted by molar-refractivity contribution is -0.152. The van der Waals surface area contributed by atoms with Crippen molar-refractivity contribution in [3.05, 3.63) is 35.8 Å². The standard InChI is InChI=1S/C18H25ClN2O2/c1-6-21(12-16(22)23-17(2,3)4)14-10-15(19)20-11-13(14)18(5)8-7-9-18/h6,10-11H,1,7-9,12H2,2-5H3. The Labute approximate surface area is 143 Å². The molecule has 1 aromatic rings. The predicted octanol–water partition coefficient (Wildman–Crippen LogP) is 4.47. The molecule has 1 saturated carbocycles. The highest BCUT2D eigenvalue weighted by Gasteiger charge is 2.37. The van der Waals surface area contributed by atoms with Gasteiger partial charge in [0.25, 0.3) is 0 Å². The van der Waals surface area contributed by atoms with Gasteiger partial charge < -0.3 is 9.64 Å². The summed E-state index contributed by atoms with van der Waals surface area (Å²) in [5.74, 6) is -0.296. The molecule has 1 aromatic heterocycles. The van der Waals surface area contributed by atoms with Crippen LogP contribution >= 0.6 is 11.6 Å². The van der Waals surface area contributed by atoms with E-state index in [1.165, 1.54) is 6.42 Å². The Morgan fingerprint density at radius 2 is 2.17 bits per heavy atom. The average molecular weight is 337 g/mol. The quantitative estimate of drug-likeness (QED) is 0.587. The van der Waals surface area contributed by atoms with Gasteiger partial charge in [-0.1, -0.05) is 31.5 Å². The van der Waals surface area contributed by atoms with Gasteiger partial charge >= 0.3 is 5.97 Å². The van der Waals surface area contributed by atoms with Crippen molar-refractivity contribution in [2.45, 2.75) is 58.0 Å². The van der Waals surface area contributed by atoms with E-state index in [2.05, 4.69) is 18.5 Å². The number of ether oxygens (including phenoxy) is 1. The van der Waals surface area contributed by atoms with Gasteiger partial charge in [-0.15, -0.1) is 0 Å². The second kappa shape index (κ2) is 6.52. The van der Waals surface area contributed by atoms with Crippen molar-refractivity contribution in [2.75, 3.05) is 11.4 Å². The van der Waals surface area contributed by atoms with E-state index in [4.69, 9.17) is 16.3 Å². The molecule has 4 nitrogen and oxygen atoms in total. The second-order valence-corrected chi connectivity index (χ2v) is 7.72.